The molecule has 5 heteroatoms. The van der Waals surface area contributed by atoms with Crippen LogP contribution in [-0.2, 0) is 0 Å². The minimum atomic E-state index is 0.638. The number of aromatic amines is 1. The molecule has 0 aliphatic carbocycles. The molecule has 1 aromatic heterocycles. The van der Waals surface area contributed by atoms with Crippen LogP contribution in [0.2, 0.25) is 5.02 Å². The molecule has 3 aromatic rings. The lowest BCUT2D eigenvalue weighted by Crippen LogP contribution is -1.79. The second kappa shape index (κ2) is 4.68. The molecule has 0 unspecified atom stereocenters. The third-order valence-electron chi connectivity index (χ3n) is 2.62. The van der Waals surface area contributed by atoms with Crippen molar-refractivity contribution < 1.29 is 0 Å². The Morgan fingerprint density at radius 3 is 2.44 bits per heavy atom. The van der Waals surface area contributed by atoms with Crippen LogP contribution in [0.15, 0.2) is 45.3 Å². The highest BCUT2D eigenvalue weighted by atomic mass is 79.9. The van der Waals surface area contributed by atoms with Gasteiger partial charge in [-0.15, -0.1) is 0 Å². The molecule has 0 radical (unpaired) electrons. The van der Waals surface area contributed by atoms with Gasteiger partial charge in [-0.1, -0.05) is 55.6 Å². The zero-order valence-electron chi connectivity index (χ0n) is 9.05. The van der Waals surface area contributed by atoms with Gasteiger partial charge in [-0.2, -0.15) is 0 Å². The predicted octanol–water partition coefficient (Wildman–Crippen LogP) is 5.41. The van der Waals surface area contributed by atoms with E-state index in [4.69, 9.17) is 11.6 Å². The van der Waals surface area contributed by atoms with Crippen molar-refractivity contribution in [3.05, 3.63) is 50.4 Å². The first kappa shape index (κ1) is 12.2. The third-order valence-corrected chi connectivity index (χ3v) is 3.90. The summed E-state index contributed by atoms with van der Waals surface area (Å²) in [6.45, 7) is 0. The smallest absolute Gasteiger partial charge is 0.138 e. The Kier molecular flexibility index (Phi) is 3.18. The van der Waals surface area contributed by atoms with Gasteiger partial charge in [0, 0.05) is 14.5 Å². The number of nitrogens with zero attached hydrogens (tertiary/aromatic N) is 1. The monoisotopic (exact) mass is 384 g/mol. The maximum Gasteiger partial charge on any atom is 0.138 e. The molecule has 0 aliphatic heterocycles. The van der Waals surface area contributed by atoms with E-state index in [1.54, 1.807) is 0 Å². The maximum absolute atomic E-state index is 6.17. The highest BCUT2D eigenvalue weighted by Crippen LogP contribution is 2.29. The van der Waals surface area contributed by atoms with E-state index in [2.05, 4.69) is 41.8 Å². The Bertz CT molecular complexity index is 720. The van der Waals surface area contributed by atoms with E-state index in [1.807, 2.05) is 36.4 Å². The first-order valence-electron chi connectivity index (χ1n) is 5.24. The zero-order valence-corrected chi connectivity index (χ0v) is 13.0. The lowest BCUT2D eigenvalue weighted by molar-refractivity contribution is 1.33. The van der Waals surface area contributed by atoms with Gasteiger partial charge in [-0.3, -0.25) is 0 Å². The minimum absolute atomic E-state index is 0.638. The van der Waals surface area contributed by atoms with Crippen molar-refractivity contribution in [2.24, 2.45) is 0 Å². The number of imidazole rings is 1. The Balaban J connectivity index is 2.19. The lowest BCUT2D eigenvalue weighted by atomic mass is 10.2. The molecule has 0 bridgehead atoms. The van der Waals surface area contributed by atoms with Crippen molar-refractivity contribution >= 4 is 54.5 Å². The Labute approximate surface area is 126 Å². The normalized spacial score (nSPS) is 11.1. The molecule has 0 aliphatic rings. The summed E-state index contributed by atoms with van der Waals surface area (Å²) in [6, 6.07) is 11.8. The zero-order chi connectivity index (χ0) is 12.7. The van der Waals surface area contributed by atoms with Crippen LogP contribution in [-0.4, -0.2) is 9.97 Å². The van der Waals surface area contributed by atoms with Crippen LogP contribution < -0.4 is 0 Å². The van der Waals surface area contributed by atoms with E-state index >= 15 is 0 Å². The summed E-state index contributed by atoms with van der Waals surface area (Å²) in [4.78, 5) is 7.80. The number of benzene rings is 2. The number of H-pyrrole nitrogens is 1. The molecule has 0 amide bonds. The summed E-state index contributed by atoms with van der Waals surface area (Å²) in [5.74, 6) is 0.817. The van der Waals surface area contributed by atoms with Crippen LogP contribution >= 0.6 is 43.5 Å². The summed E-state index contributed by atoms with van der Waals surface area (Å²) < 4.78 is 1.98. The van der Waals surface area contributed by atoms with Gasteiger partial charge in [-0.25, -0.2) is 4.98 Å². The van der Waals surface area contributed by atoms with Gasteiger partial charge >= 0.3 is 0 Å². The predicted molar refractivity (Wildman–Crippen MR) is 81.9 cm³/mol. The summed E-state index contributed by atoms with van der Waals surface area (Å²) >= 11 is 13.0. The number of hydrogen-bond donors (Lipinski definition) is 1. The average molecular weight is 386 g/mol. The van der Waals surface area contributed by atoms with Crippen LogP contribution in [0.1, 0.15) is 0 Å². The lowest BCUT2D eigenvalue weighted by Gasteiger charge is -1.95. The van der Waals surface area contributed by atoms with E-state index < -0.39 is 0 Å². The van der Waals surface area contributed by atoms with Gasteiger partial charge < -0.3 is 4.98 Å². The number of rotatable bonds is 1. The van der Waals surface area contributed by atoms with E-state index in [1.165, 1.54) is 0 Å². The highest BCUT2D eigenvalue weighted by molar-refractivity contribution is 9.10. The molecular formula is C13H7Br2ClN2. The molecule has 0 spiro atoms. The van der Waals surface area contributed by atoms with Crippen molar-refractivity contribution in [1.29, 1.82) is 0 Å². The van der Waals surface area contributed by atoms with Crippen molar-refractivity contribution in [2.45, 2.75) is 0 Å². The molecule has 0 saturated carbocycles. The number of fused-ring (bicyclic) bond motifs is 1. The van der Waals surface area contributed by atoms with E-state index in [-0.39, 0.29) is 0 Å². The second-order valence-corrected chi connectivity index (χ2v) is 6.11. The van der Waals surface area contributed by atoms with Crippen molar-refractivity contribution in [3.63, 3.8) is 0 Å². The number of halogens is 3. The Hall–Kier alpha value is -0.840. The molecule has 18 heavy (non-hydrogen) atoms. The molecule has 1 heterocycles. The summed E-state index contributed by atoms with van der Waals surface area (Å²) in [5, 5.41) is 0.638. The minimum Gasteiger partial charge on any atom is -0.338 e. The van der Waals surface area contributed by atoms with Crippen molar-refractivity contribution in [1.82, 2.24) is 9.97 Å². The maximum atomic E-state index is 6.17. The highest BCUT2D eigenvalue weighted by Gasteiger charge is 2.09. The first-order valence-corrected chi connectivity index (χ1v) is 7.20. The fourth-order valence-electron chi connectivity index (χ4n) is 1.79. The molecule has 0 atom stereocenters. The van der Waals surface area contributed by atoms with Gasteiger partial charge in [0.1, 0.15) is 11.3 Å². The number of aromatic nitrogens is 2. The van der Waals surface area contributed by atoms with Gasteiger partial charge in [0.2, 0.25) is 0 Å². The number of hydrogen-bond acceptors (Lipinski definition) is 1. The van der Waals surface area contributed by atoms with Gasteiger partial charge in [0.25, 0.3) is 0 Å². The molecule has 3 rings (SSSR count). The van der Waals surface area contributed by atoms with E-state index in [0.29, 0.717) is 5.02 Å². The van der Waals surface area contributed by atoms with Gasteiger partial charge in [0.15, 0.2) is 0 Å². The van der Waals surface area contributed by atoms with E-state index in [9.17, 15) is 0 Å². The SMILES string of the molecule is Clc1cc(Br)cc2[nH]c(-c3ccc(Br)cc3)nc12. The first-order chi connectivity index (χ1) is 8.63. The third kappa shape index (κ3) is 2.20. The summed E-state index contributed by atoms with van der Waals surface area (Å²) in [6.07, 6.45) is 0. The second-order valence-electron chi connectivity index (χ2n) is 3.88. The standard InChI is InChI=1S/C13H7Br2ClN2/c14-8-3-1-7(2-4-8)13-17-11-6-9(15)5-10(16)12(11)18-13/h1-6H,(H,17,18). The molecule has 0 saturated heterocycles. The quantitative estimate of drug-likeness (QED) is 0.595. The molecule has 90 valence electrons. The number of nitrogens with one attached hydrogen (secondary N) is 1. The van der Waals surface area contributed by atoms with Crippen LogP contribution in [0.3, 0.4) is 0 Å². The van der Waals surface area contributed by atoms with Crippen molar-refractivity contribution in [3.8, 4) is 11.4 Å². The molecule has 1 N–H and O–H groups in total. The van der Waals surface area contributed by atoms with Gasteiger partial charge in [0.05, 0.1) is 10.5 Å². The van der Waals surface area contributed by atoms with Crippen LogP contribution in [0.4, 0.5) is 0 Å². The molecule has 0 fully saturated rings. The molecule has 2 nitrogen and oxygen atoms in total. The summed E-state index contributed by atoms with van der Waals surface area (Å²) in [7, 11) is 0. The van der Waals surface area contributed by atoms with Crippen LogP contribution in [0.25, 0.3) is 22.4 Å². The molecule has 2 aromatic carbocycles. The Morgan fingerprint density at radius 1 is 1.00 bits per heavy atom. The largest absolute Gasteiger partial charge is 0.338 e. The van der Waals surface area contributed by atoms with Gasteiger partial charge in [-0.05, 0) is 24.3 Å². The summed E-state index contributed by atoms with van der Waals surface area (Å²) in [5.41, 5.74) is 2.74. The topological polar surface area (TPSA) is 28.7 Å². The van der Waals surface area contributed by atoms with E-state index in [0.717, 1.165) is 31.4 Å². The fourth-order valence-corrected chi connectivity index (χ4v) is 2.90. The van der Waals surface area contributed by atoms with Crippen molar-refractivity contribution in [2.75, 3.05) is 0 Å². The van der Waals surface area contributed by atoms with Crippen LogP contribution in [0.5, 0.6) is 0 Å². The fraction of sp³-hybridized carbons (Fsp3) is 0. The molecular weight excluding hydrogens is 379 g/mol. The average Bonchev–Trinajstić information content (AvgIpc) is 2.74. The van der Waals surface area contributed by atoms with Crippen LogP contribution in [0, 0.1) is 0 Å². The Morgan fingerprint density at radius 2 is 1.72 bits per heavy atom.